The minimum Gasteiger partial charge on any atom is -0.419 e. The molecule has 5 aliphatic heterocycles. The number of pyridine rings is 10. The van der Waals surface area contributed by atoms with Gasteiger partial charge in [-0.05, 0) is 66.7 Å². The summed E-state index contributed by atoms with van der Waals surface area (Å²) in [5.74, 6) is 2.46. The molecule has 0 saturated heterocycles. The maximum Gasteiger partial charge on any atom is 0.339 e. The molecule has 107 heavy (non-hydrogen) atoms. The van der Waals surface area contributed by atoms with Gasteiger partial charge in [0.15, 0.2) is 33.5 Å². The molecule has 514 valence electrons. The van der Waals surface area contributed by atoms with E-state index in [-0.39, 0.29) is 0 Å². The molecular weight excluding hydrogens is 1370 g/mol. The molecule has 0 radical (unpaired) electrons. The number of nitrogens with zero attached hydrogens (tertiary/aromatic N) is 22. The van der Waals surface area contributed by atoms with Gasteiger partial charge in [-0.2, -0.15) is 4.57 Å². The predicted molar refractivity (Wildman–Crippen MR) is 410 cm³/mol. The molecule has 0 bridgehead atoms. The largest absolute Gasteiger partial charge is 0.419 e. The van der Waals surface area contributed by atoms with E-state index in [1.165, 1.54) is 34.2 Å². The molecule has 0 saturated carbocycles. The molecule has 0 unspecified atom stereocenters. The number of fused-ring (bicyclic) bond motifs is 35. The van der Waals surface area contributed by atoms with E-state index in [2.05, 4.69) is 63.5 Å². The highest BCUT2D eigenvalue weighted by Gasteiger charge is 2.41. The van der Waals surface area contributed by atoms with Gasteiger partial charge in [-0.25, -0.2) is 65.6 Å². The van der Waals surface area contributed by atoms with Crippen molar-refractivity contribution in [3.63, 3.8) is 0 Å². The highest BCUT2D eigenvalue weighted by Crippen LogP contribution is 2.43. The molecule has 21 aromatic rings. The number of hydrogen-bond donors (Lipinski definition) is 0. The number of imidazole rings is 4. The predicted octanol–water partition coefficient (Wildman–Crippen LogP) is 12.0. The second kappa shape index (κ2) is 23.1. The van der Waals surface area contributed by atoms with Crippen molar-refractivity contribution in [3.05, 3.63) is 242 Å². The van der Waals surface area contributed by atoms with Crippen LogP contribution in [-0.2, 0) is 74.7 Å². The number of aryl methyl sites for hydroxylation is 6. The summed E-state index contributed by atoms with van der Waals surface area (Å²) in [6.45, 7) is -8.48. The number of aromatic nitrogens is 22. The third-order valence-corrected chi connectivity index (χ3v) is 23.3. The summed E-state index contributed by atoms with van der Waals surface area (Å²) in [5.41, 5.74) is 18.9. The molecular formula is C82H63N22OS2+5. The molecule has 1 aromatic carbocycles. The summed E-state index contributed by atoms with van der Waals surface area (Å²) in [4.78, 5) is 44.0. The van der Waals surface area contributed by atoms with Crippen molar-refractivity contribution in [3.8, 4) is 62.5 Å². The van der Waals surface area contributed by atoms with Crippen LogP contribution in [0.1, 0.15) is 48.4 Å². The number of para-hydroxylation sites is 1. The zero-order valence-electron chi connectivity index (χ0n) is 71.3. The monoisotopic (exact) mass is 1450 g/mol. The topological polar surface area (TPSA) is 196 Å². The van der Waals surface area contributed by atoms with Crippen molar-refractivity contribution in [1.29, 1.82) is 0 Å². The molecule has 25 heterocycles. The van der Waals surface area contributed by atoms with Crippen LogP contribution in [0.3, 0.4) is 0 Å². The Hall–Kier alpha value is -13.4. The van der Waals surface area contributed by atoms with Crippen molar-refractivity contribution in [2.75, 3.05) is 0 Å². The quantitative estimate of drug-likeness (QED) is 0.142. The van der Waals surface area contributed by atoms with Crippen LogP contribution in [0.5, 0.6) is 0 Å². The molecule has 25 heteroatoms. The van der Waals surface area contributed by atoms with Crippen molar-refractivity contribution in [2.45, 2.75) is 32.7 Å². The van der Waals surface area contributed by atoms with Gasteiger partial charge in [0.2, 0.25) is 15.4 Å². The lowest BCUT2D eigenvalue weighted by Crippen LogP contribution is -2.32. The fourth-order valence-electron chi connectivity index (χ4n) is 16.4. The van der Waals surface area contributed by atoms with Crippen LogP contribution >= 0.6 is 22.7 Å². The van der Waals surface area contributed by atoms with Gasteiger partial charge in [0, 0.05) is 125 Å². The third kappa shape index (κ3) is 8.64. The van der Waals surface area contributed by atoms with E-state index in [9.17, 15) is 0 Å². The van der Waals surface area contributed by atoms with Crippen molar-refractivity contribution >= 4 is 131 Å². The van der Waals surface area contributed by atoms with Crippen molar-refractivity contribution in [2.24, 2.45) is 41.9 Å². The van der Waals surface area contributed by atoms with E-state index in [0.29, 0.717) is 89.8 Å². The molecule has 0 N–H and O–H groups in total. The summed E-state index contributed by atoms with van der Waals surface area (Å²) < 4.78 is 150. The average Bonchev–Trinajstić information content (AvgIpc) is 1.60. The Morgan fingerprint density at radius 3 is 1.56 bits per heavy atom. The second-order valence-electron chi connectivity index (χ2n) is 26.5. The summed E-state index contributed by atoms with van der Waals surface area (Å²) >= 11 is 3.09. The van der Waals surface area contributed by atoms with Gasteiger partial charge in [-0.15, -0.1) is 0 Å². The Bertz CT molecular complexity index is 7810. The second-order valence-corrected chi connectivity index (χ2v) is 28.6. The number of thiazole rings is 1. The van der Waals surface area contributed by atoms with E-state index in [4.69, 9.17) is 25.0 Å². The fourth-order valence-corrected chi connectivity index (χ4v) is 18.8. The minimum atomic E-state index is -2.37. The summed E-state index contributed by atoms with van der Waals surface area (Å²) in [6.07, 6.45) is 25.8. The van der Waals surface area contributed by atoms with Gasteiger partial charge in [-0.3, -0.25) is 34.5 Å². The van der Waals surface area contributed by atoms with Gasteiger partial charge in [0.05, 0.1) is 109 Å². The number of hydrogen-bond acceptors (Lipinski definition) is 13. The fraction of sp³-hybridized carbons (Fsp3) is 0.134. The maximum atomic E-state index is 8.34. The summed E-state index contributed by atoms with van der Waals surface area (Å²) in [7, 11) is 1.89. The molecule has 5 aliphatic rings. The highest BCUT2D eigenvalue weighted by atomic mass is 32.1. The lowest BCUT2D eigenvalue weighted by Gasteiger charge is -2.03. The summed E-state index contributed by atoms with van der Waals surface area (Å²) in [5, 5.41) is 5.61. The van der Waals surface area contributed by atoms with Crippen LogP contribution in [0.25, 0.3) is 170 Å². The van der Waals surface area contributed by atoms with Gasteiger partial charge in [-0.1, -0.05) is 71.2 Å². The SMILES string of the molecule is [2H]C([2H])([2H])[n+]1c2n(c3c4cnccc4n(-c4ccccc4)c31)Cc1cccnc1-2.[2H]C([2H])([2H])[n+]1c2n(c3c4cnccc4n(C)c31)Cc1cccnc1-2.[2H]C([2H])([2H])[n+]1c2n(c3c4cnccc4oc31)Cc1cccnc1-2.[2H]C([2H])([2H])[n+]1c2n(c3c4cnccc4sc31)Cc1cccnc1-2.[2H]C([2H])([2H])n1c2cnccc2c2sc3[n+](c21)Cc1cccnc1-3. The normalized spacial score (nSPS) is 15.6. The molecule has 0 fully saturated rings. The smallest absolute Gasteiger partial charge is 0.339 e. The van der Waals surface area contributed by atoms with Gasteiger partial charge >= 0.3 is 23.0 Å². The standard InChI is InChI=1S/C21H16N5.C16H14N5.C15H11N4O.2C15H11N4S/c1-24-20-18-14(6-5-10-23-18)13-25(20)19-16-12-22-11-9-17(16)26(21(19)24)15-7-3-2-4-8-15;1-19-12-5-7-17-8-11(12)14-16(19)20(2)15-13-10(9-21(14)15)4-3-6-18-13;2*1-18-14-12-9(3-2-5-17-12)8-19(14)13-10-7-16-6-4-11(10)20-15(13)18;1-18-11-7-16-6-4-10(11)13-14(18)19-8-9-3-2-5-17-12(9)15(19)20-13/h2-12H,13H2,1H3;3-8H,9H2,1-2H3;3*2-7H,8H2,1H3/q5*+1/i1D3;2D3;3*1D3. The third-order valence-electron chi connectivity index (χ3n) is 20.9. The Morgan fingerprint density at radius 2 is 0.916 bits per heavy atom. The number of thiophene rings is 1. The first-order chi connectivity index (χ1) is 58.7. The lowest BCUT2D eigenvalue weighted by molar-refractivity contribution is -0.644. The maximum absolute atomic E-state index is 8.34. The zero-order valence-corrected chi connectivity index (χ0v) is 57.9. The number of rotatable bonds is 1. The van der Waals surface area contributed by atoms with Gasteiger partial charge < -0.3 is 4.42 Å². The number of benzene rings is 1. The first kappa shape index (κ1) is 47.8. The van der Waals surface area contributed by atoms with E-state index < -0.39 is 34.9 Å². The van der Waals surface area contributed by atoms with E-state index >= 15 is 0 Å². The van der Waals surface area contributed by atoms with Crippen LogP contribution < -0.4 is 22.8 Å². The molecule has 0 amide bonds. The molecule has 26 rings (SSSR count). The van der Waals surface area contributed by atoms with E-state index in [1.807, 2.05) is 153 Å². The molecule has 0 atom stereocenters. The van der Waals surface area contributed by atoms with Crippen LogP contribution in [0.4, 0.5) is 0 Å². The molecule has 20 aromatic heterocycles. The lowest BCUT2D eigenvalue weighted by atomic mass is 10.2. The first-order valence-corrected chi connectivity index (χ1v) is 35.8. The highest BCUT2D eigenvalue weighted by molar-refractivity contribution is 7.25. The van der Waals surface area contributed by atoms with Gasteiger partial charge in [0.1, 0.15) is 63.7 Å². The van der Waals surface area contributed by atoms with Crippen LogP contribution in [0.2, 0.25) is 0 Å². The van der Waals surface area contributed by atoms with Crippen LogP contribution in [0.15, 0.2) is 219 Å². The molecule has 23 nitrogen and oxygen atoms in total. The molecule has 0 aliphatic carbocycles. The Kier molecular flexibility index (Phi) is 10.3. The average molecular weight is 1450 g/mol. The van der Waals surface area contributed by atoms with Crippen molar-refractivity contribution in [1.82, 2.24) is 81.8 Å². The van der Waals surface area contributed by atoms with Gasteiger partial charge in [0.25, 0.3) is 22.9 Å². The zero-order chi connectivity index (χ0) is 83.7. The minimum absolute atomic E-state index is 0.333. The Morgan fingerprint density at radius 1 is 0.402 bits per heavy atom. The van der Waals surface area contributed by atoms with Crippen LogP contribution in [-0.4, -0.2) is 81.8 Å². The first-order valence-electron chi connectivity index (χ1n) is 41.7. The Balaban J connectivity index is 0.0000000914. The van der Waals surface area contributed by atoms with Crippen molar-refractivity contribution < 1.29 is 47.8 Å². The van der Waals surface area contributed by atoms with E-state index in [1.54, 1.807) is 98.0 Å². The number of furan rings is 1. The molecule has 0 spiro atoms. The summed E-state index contributed by atoms with van der Waals surface area (Å²) in [6, 6.07) is 38.6. The van der Waals surface area contributed by atoms with Crippen LogP contribution in [0, 0.1) is 0 Å². The van der Waals surface area contributed by atoms with E-state index in [0.717, 1.165) is 141 Å². The Labute approximate surface area is 636 Å².